The van der Waals surface area contributed by atoms with Crippen LogP contribution < -0.4 is 10.1 Å². The molecule has 0 heterocycles. The average molecular weight is 320 g/mol. The fourth-order valence-electron chi connectivity index (χ4n) is 2.33. The van der Waals surface area contributed by atoms with Gasteiger partial charge in [0.1, 0.15) is 6.61 Å². The van der Waals surface area contributed by atoms with Gasteiger partial charge in [0.15, 0.2) is 0 Å². The number of nitrogens with zero attached hydrogens (tertiary/aromatic N) is 1. The average Bonchev–Trinajstić information content (AvgIpc) is 2.62. The van der Waals surface area contributed by atoms with Crippen LogP contribution in [0.3, 0.4) is 0 Å². The quantitative estimate of drug-likeness (QED) is 0.517. The largest absolute Gasteiger partial charge is 0.480 e. The smallest absolute Gasteiger partial charge is 0.313 e. The molecule has 0 spiro atoms. The summed E-state index contributed by atoms with van der Waals surface area (Å²) in [6.07, 6.45) is 0. The van der Waals surface area contributed by atoms with Gasteiger partial charge in [0, 0.05) is 11.8 Å². The molecule has 3 aromatic carbocycles. The molecule has 0 aromatic heterocycles. The van der Waals surface area contributed by atoms with Crippen LogP contribution in [-0.4, -0.2) is 4.92 Å². The topological polar surface area (TPSA) is 64.4 Å². The van der Waals surface area contributed by atoms with Gasteiger partial charge in [-0.2, -0.15) is 0 Å². The molecule has 3 aromatic rings. The number of para-hydroxylation sites is 2. The van der Waals surface area contributed by atoms with Crippen LogP contribution in [0, 0.1) is 10.1 Å². The van der Waals surface area contributed by atoms with Crippen molar-refractivity contribution in [2.45, 2.75) is 6.61 Å². The fraction of sp³-hybridized carbons (Fsp3) is 0.0526. The van der Waals surface area contributed by atoms with Crippen LogP contribution in [0.2, 0.25) is 0 Å². The van der Waals surface area contributed by atoms with Crippen LogP contribution in [-0.2, 0) is 6.61 Å². The normalized spacial score (nSPS) is 10.2. The Balaban J connectivity index is 1.90. The van der Waals surface area contributed by atoms with Gasteiger partial charge in [-0.3, -0.25) is 10.1 Å². The third kappa shape index (κ3) is 3.70. The molecule has 0 aliphatic carbocycles. The molecule has 120 valence electrons. The van der Waals surface area contributed by atoms with E-state index in [4.69, 9.17) is 4.74 Å². The third-order valence-corrected chi connectivity index (χ3v) is 3.47. The highest BCUT2D eigenvalue weighted by Gasteiger charge is 2.19. The van der Waals surface area contributed by atoms with Crippen molar-refractivity contribution in [3.63, 3.8) is 0 Å². The maximum Gasteiger partial charge on any atom is 0.313 e. The monoisotopic (exact) mass is 320 g/mol. The lowest BCUT2D eigenvalue weighted by Crippen LogP contribution is -2.02. The first kappa shape index (κ1) is 15.6. The second-order valence-electron chi connectivity index (χ2n) is 5.18. The number of nitro groups is 1. The summed E-state index contributed by atoms with van der Waals surface area (Å²) in [6, 6.07) is 23.9. The van der Waals surface area contributed by atoms with Gasteiger partial charge in [-0.25, -0.2) is 0 Å². The minimum atomic E-state index is -0.434. The van der Waals surface area contributed by atoms with Crippen LogP contribution in [0.15, 0.2) is 78.9 Å². The Kier molecular flexibility index (Phi) is 4.72. The summed E-state index contributed by atoms with van der Waals surface area (Å²) in [5.74, 6) is 0.232. The predicted octanol–water partition coefficient (Wildman–Crippen LogP) is 4.92. The lowest BCUT2D eigenvalue weighted by atomic mass is 10.2. The molecule has 0 saturated carbocycles. The molecule has 0 aliphatic heterocycles. The molecule has 0 bridgehead atoms. The standard InChI is InChI=1S/C19H16N2O3/c22-21(23)18-13-7-12-17(20-16-10-5-2-6-11-16)19(18)24-14-15-8-3-1-4-9-15/h1-13,20H,14H2. The maximum absolute atomic E-state index is 11.3. The Labute approximate surface area is 139 Å². The van der Waals surface area contributed by atoms with Crippen molar-refractivity contribution < 1.29 is 9.66 Å². The van der Waals surface area contributed by atoms with Crippen molar-refractivity contribution in [1.82, 2.24) is 0 Å². The zero-order valence-corrected chi connectivity index (χ0v) is 12.9. The first-order valence-electron chi connectivity index (χ1n) is 7.50. The van der Waals surface area contributed by atoms with Crippen molar-refractivity contribution in [3.05, 3.63) is 94.5 Å². The summed E-state index contributed by atoms with van der Waals surface area (Å²) >= 11 is 0. The molecule has 0 aliphatic rings. The molecule has 0 amide bonds. The van der Waals surface area contributed by atoms with Crippen molar-refractivity contribution in [1.29, 1.82) is 0 Å². The molecule has 5 nitrogen and oxygen atoms in total. The van der Waals surface area contributed by atoms with E-state index in [1.54, 1.807) is 12.1 Å². The first-order valence-corrected chi connectivity index (χ1v) is 7.50. The number of nitrogens with one attached hydrogen (secondary N) is 1. The van der Waals surface area contributed by atoms with Crippen LogP contribution in [0.25, 0.3) is 0 Å². The Morgan fingerprint density at radius 3 is 2.21 bits per heavy atom. The molecular formula is C19H16N2O3. The van der Waals surface area contributed by atoms with E-state index in [-0.39, 0.29) is 18.0 Å². The Bertz CT molecular complexity index is 821. The first-order chi connectivity index (χ1) is 11.7. The lowest BCUT2D eigenvalue weighted by Gasteiger charge is -2.13. The summed E-state index contributed by atoms with van der Waals surface area (Å²) in [7, 11) is 0. The van der Waals surface area contributed by atoms with Gasteiger partial charge >= 0.3 is 5.69 Å². The Morgan fingerprint density at radius 2 is 1.54 bits per heavy atom. The Morgan fingerprint density at radius 1 is 0.875 bits per heavy atom. The van der Waals surface area contributed by atoms with Crippen molar-refractivity contribution in [3.8, 4) is 5.75 Å². The minimum absolute atomic E-state index is 0.0631. The molecular weight excluding hydrogens is 304 g/mol. The van der Waals surface area contributed by atoms with E-state index in [1.807, 2.05) is 60.7 Å². The molecule has 5 heteroatoms. The summed E-state index contributed by atoms with van der Waals surface area (Å²) in [5.41, 5.74) is 2.28. The number of ether oxygens (including phenoxy) is 1. The summed E-state index contributed by atoms with van der Waals surface area (Å²) in [4.78, 5) is 10.9. The third-order valence-electron chi connectivity index (χ3n) is 3.47. The molecule has 1 N–H and O–H groups in total. The second kappa shape index (κ2) is 7.28. The van der Waals surface area contributed by atoms with Crippen molar-refractivity contribution in [2.24, 2.45) is 0 Å². The van der Waals surface area contributed by atoms with E-state index in [0.29, 0.717) is 5.69 Å². The van der Waals surface area contributed by atoms with Gasteiger partial charge in [0.25, 0.3) is 0 Å². The lowest BCUT2D eigenvalue weighted by molar-refractivity contribution is -0.385. The van der Waals surface area contributed by atoms with Gasteiger partial charge in [-0.15, -0.1) is 0 Å². The Hall–Kier alpha value is -3.34. The van der Waals surface area contributed by atoms with Gasteiger partial charge in [0.2, 0.25) is 5.75 Å². The second-order valence-corrected chi connectivity index (χ2v) is 5.18. The zero-order valence-electron chi connectivity index (χ0n) is 12.9. The van der Waals surface area contributed by atoms with E-state index >= 15 is 0 Å². The maximum atomic E-state index is 11.3. The highest BCUT2D eigenvalue weighted by Crippen LogP contribution is 2.37. The van der Waals surface area contributed by atoms with E-state index in [1.165, 1.54) is 6.07 Å². The molecule has 0 atom stereocenters. The van der Waals surface area contributed by atoms with Crippen LogP contribution in [0.5, 0.6) is 5.75 Å². The van der Waals surface area contributed by atoms with Gasteiger partial charge in [-0.05, 0) is 23.8 Å². The molecule has 3 rings (SSSR count). The highest BCUT2D eigenvalue weighted by molar-refractivity contribution is 5.72. The minimum Gasteiger partial charge on any atom is -0.480 e. The van der Waals surface area contributed by atoms with Crippen molar-refractivity contribution >= 4 is 17.1 Å². The van der Waals surface area contributed by atoms with Gasteiger partial charge in [0.05, 0.1) is 10.6 Å². The fourth-order valence-corrected chi connectivity index (χ4v) is 2.33. The highest BCUT2D eigenvalue weighted by atomic mass is 16.6. The summed E-state index contributed by atoms with van der Waals surface area (Å²) < 4.78 is 5.78. The van der Waals surface area contributed by atoms with Crippen LogP contribution >= 0.6 is 0 Å². The SMILES string of the molecule is O=[N+]([O-])c1cccc(Nc2ccccc2)c1OCc1ccccc1. The molecule has 0 saturated heterocycles. The summed E-state index contributed by atoms with van der Waals surface area (Å²) in [5, 5.41) is 14.5. The number of rotatable bonds is 6. The number of anilines is 2. The van der Waals surface area contributed by atoms with E-state index in [0.717, 1.165) is 11.3 Å². The number of hydrogen-bond acceptors (Lipinski definition) is 4. The predicted molar refractivity (Wildman–Crippen MR) is 93.6 cm³/mol. The van der Waals surface area contributed by atoms with Gasteiger partial charge in [-0.1, -0.05) is 54.6 Å². The van der Waals surface area contributed by atoms with Gasteiger partial charge < -0.3 is 10.1 Å². The zero-order chi connectivity index (χ0) is 16.8. The van der Waals surface area contributed by atoms with E-state index < -0.39 is 4.92 Å². The number of benzene rings is 3. The molecule has 24 heavy (non-hydrogen) atoms. The summed E-state index contributed by atoms with van der Waals surface area (Å²) in [6.45, 7) is 0.259. The van der Waals surface area contributed by atoms with E-state index in [2.05, 4.69) is 5.32 Å². The molecule has 0 fully saturated rings. The number of nitro benzene ring substituents is 1. The van der Waals surface area contributed by atoms with Crippen molar-refractivity contribution in [2.75, 3.05) is 5.32 Å². The van der Waals surface area contributed by atoms with E-state index in [9.17, 15) is 10.1 Å². The molecule has 0 radical (unpaired) electrons. The van der Waals surface area contributed by atoms with Crippen LogP contribution in [0.1, 0.15) is 5.56 Å². The molecule has 0 unspecified atom stereocenters. The van der Waals surface area contributed by atoms with Crippen LogP contribution in [0.4, 0.5) is 17.1 Å². The number of hydrogen-bond donors (Lipinski definition) is 1.